The van der Waals surface area contributed by atoms with Gasteiger partial charge in [0, 0.05) is 17.4 Å². The molecular formula is C13H18BrClN2O. The van der Waals surface area contributed by atoms with E-state index in [2.05, 4.69) is 38.7 Å². The topological polar surface area (TPSA) is 41.1 Å². The van der Waals surface area contributed by atoms with Crippen LogP contribution >= 0.6 is 28.3 Å². The molecule has 0 saturated carbocycles. The molecule has 2 rings (SSSR count). The van der Waals surface area contributed by atoms with Crippen LogP contribution in [0, 0.1) is 0 Å². The van der Waals surface area contributed by atoms with Crippen LogP contribution in [-0.2, 0) is 11.2 Å². The van der Waals surface area contributed by atoms with Gasteiger partial charge in [0.05, 0.1) is 6.04 Å². The van der Waals surface area contributed by atoms with Crippen molar-refractivity contribution >= 4 is 34.2 Å². The summed E-state index contributed by atoms with van der Waals surface area (Å²) in [7, 11) is 1.86. The highest BCUT2D eigenvalue weighted by Gasteiger charge is 2.23. The van der Waals surface area contributed by atoms with Crippen LogP contribution in [0.15, 0.2) is 22.7 Å². The minimum atomic E-state index is 0. The Morgan fingerprint density at radius 1 is 1.50 bits per heavy atom. The van der Waals surface area contributed by atoms with Gasteiger partial charge in [-0.1, -0.05) is 22.0 Å². The van der Waals surface area contributed by atoms with E-state index in [1.807, 2.05) is 13.1 Å². The van der Waals surface area contributed by atoms with E-state index in [4.69, 9.17) is 0 Å². The van der Waals surface area contributed by atoms with Gasteiger partial charge in [0.25, 0.3) is 0 Å². The van der Waals surface area contributed by atoms with Crippen molar-refractivity contribution in [3.63, 3.8) is 0 Å². The molecule has 3 nitrogen and oxygen atoms in total. The number of carbonyl (C=O) groups excluding carboxylic acids is 1. The predicted octanol–water partition coefficient (Wildman–Crippen LogP) is 2.58. The van der Waals surface area contributed by atoms with Crippen molar-refractivity contribution in [2.45, 2.75) is 25.3 Å². The number of fused-ring (bicyclic) bond motifs is 1. The molecule has 1 aliphatic carbocycles. The molecule has 0 radical (unpaired) electrons. The molecule has 5 heteroatoms. The van der Waals surface area contributed by atoms with E-state index in [1.54, 1.807) is 0 Å². The lowest BCUT2D eigenvalue weighted by molar-refractivity contribution is -0.121. The Bertz CT molecular complexity index is 425. The smallest absolute Gasteiger partial charge is 0.221 e. The number of rotatable bonds is 4. The van der Waals surface area contributed by atoms with Gasteiger partial charge in [0.15, 0.2) is 0 Å². The minimum absolute atomic E-state index is 0. The standard InChI is InChI=1S/C13H17BrN2O.ClH/c1-15-7-6-13(17)16-12-5-2-9-8-10(14)3-4-11(9)12;/h3-4,8,12,15H,2,5-7H2,1H3,(H,16,17);1H. The van der Waals surface area contributed by atoms with E-state index in [0.29, 0.717) is 6.42 Å². The average Bonchev–Trinajstić information content (AvgIpc) is 2.69. The quantitative estimate of drug-likeness (QED) is 0.889. The highest BCUT2D eigenvalue weighted by molar-refractivity contribution is 9.10. The first-order valence-electron chi connectivity index (χ1n) is 5.93. The van der Waals surface area contributed by atoms with Crippen molar-refractivity contribution < 1.29 is 4.79 Å². The predicted molar refractivity (Wildman–Crippen MR) is 79.1 cm³/mol. The molecule has 0 fully saturated rings. The molecule has 0 spiro atoms. The lowest BCUT2D eigenvalue weighted by atomic mass is 10.1. The fourth-order valence-electron chi connectivity index (χ4n) is 2.24. The number of carbonyl (C=O) groups is 1. The third-order valence-electron chi connectivity index (χ3n) is 3.12. The fraction of sp³-hybridized carbons (Fsp3) is 0.462. The van der Waals surface area contributed by atoms with Gasteiger partial charge < -0.3 is 10.6 Å². The largest absolute Gasteiger partial charge is 0.349 e. The number of nitrogens with one attached hydrogen (secondary N) is 2. The Labute approximate surface area is 122 Å². The number of aryl methyl sites for hydroxylation is 1. The van der Waals surface area contributed by atoms with E-state index >= 15 is 0 Å². The summed E-state index contributed by atoms with van der Waals surface area (Å²) in [5, 5.41) is 6.08. The van der Waals surface area contributed by atoms with E-state index in [0.717, 1.165) is 23.9 Å². The third-order valence-corrected chi connectivity index (χ3v) is 3.61. The van der Waals surface area contributed by atoms with Crippen LogP contribution in [0.5, 0.6) is 0 Å². The molecule has 1 amide bonds. The van der Waals surface area contributed by atoms with Gasteiger partial charge in [0.2, 0.25) is 5.91 Å². The van der Waals surface area contributed by atoms with Gasteiger partial charge in [-0.05, 0) is 43.1 Å². The second-order valence-electron chi connectivity index (χ2n) is 4.36. The summed E-state index contributed by atoms with van der Waals surface area (Å²) in [5.41, 5.74) is 2.62. The van der Waals surface area contributed by atoms with Gasteiger partial charge in [-0.15, -0.1) is 12.4 Å². The molecule has 0 aromatic heterocycles. The summed E-state index contributed by atoms with van der Waals surface area (Å²) in [6.07, 6.45) is 2.60. The van der Waals surface area contributed by atoms with E-state index in [1.165, 1.54) is 11.1 Å². The first kappa shape index (κ1) is 15.5. The molecule has 0 bridgehead atoms. The second kappa shape index (κ2) is 7.12. The molecular weight excluding hydrogens is 316 g/mol. The molecule has 0 saturated heterocycles. The average molecular weight is 334 g/mol. The SMILES string of the molecule is CNCCC(=O)NC1CCc2cc(Br)ccc21.Cl. The molecule has 100 valence electrons. The fourth-order valence-corrected chi connectivity index (χ4v) is 2.65. The van der Waals surface area contributed by atoms with E-state index < -0.39 is 0 Å². The van der Waals surface area contributed by atoms with E-state index in [9.17, 15) is 4.79 Å². The zero-order valence-corrected chi connectivity index (χ0v) is 12.7. The van der Waals surface area contributed by atoms with Crippen molar-refractivity contribution in [1.82, 2.24) is 10.6 Å². The van der Waals surface area contributed by atoms with Crippen LogP contribution in [0.3, 0.4) is 0 Å². The van der Waals surface area contributed by atoms with Crippen LogP contribution in [0.25, 0.3) is 0 Å². The van der Waals surface area contributed by atoms with Crippen molar-refractivity contribution in [2.24, 2.45) is 0 Å². The molecule has 1 unspecified atom stereocenters. The van der Waals surface area contributed by atoms with E-state index in [-0.39, 0.29) is 24.4 Å². The normalized spacial score (nSPS) is 16.9. The number of benzene rings is 1. The highest BCUT2D eigenvalue weighted by Crippen LogP contribution is 2.32. The van der Waals surface area contributed by atoms with Crippen LogP contribution in [-0.4, -0.2) is 19.5 Å². The zero-order chi connectivity index (χ0) is 12.3. The highest BCUT2D eigenvalue weighted by atomic mass is 79.9. The summed E-state index contributed by atoms with van der Waals surface area (Å²) in [6.45, 7) is 0.728. The minimum Gasteiger partial charge on any atom is -0.349 e. The molecule has 2 N–H and O–H groups in total. The Hall–Kier alpha value is -0.580. The molecule has 1 aromatic carbocycles. The monoisotopic (exact) mass is 332 g/mol. The van der Waals surface area contributed by atoms with Gasteiger partial charge in [-0.25, -0.2) is 0 Å². The molecule has 0 heterocycles. The van der Waals surface area contributed by atoms with Crippen LogP contribution in [0.1, 0.15) is 30.0 Å². The number of amides is 1. The van der Waals surface area contributed by atoms with Gasteiger partial charge in [-0.2, -0.15) is 0 Å². The summed E-state index contributed by atoms with van der Waals surface area (Å²) >= 11 is 3.47. The summed E-state index contributed by atoms with van der Waals surface area (Å²) in [6, 6.07) is 6.49. The maximum absolute atomic E-state index is 11.7. The summed E-state index contributed by atoms with van der Waals surface area (Å²) < 4.78 is 1.11. The maximum Gasteiger partial charge on any atom is 0.221 e. The zero-order valence-electron chi connectivity index (χ0n) is 10.3. The second-order valence-corrected chi connectivity index (χ2v) is 5.27. The Morgan fingerprint density at radius 2 is 2.28 bits per heavy atom. The van der Waals surface area contributed by atoms with Crippen molar-refractivity contribution in [1.29, 1.82) is 0 Å². The number of halogens is 2. The lowest BCUT2D eigenvalue weighted by Gasteiger charge is -2.14. The maximum atomic E-state index is 11.7. The molecule has 0 aliphatic heterocycles. The molecule has 1 aliphatic rings. The van der Waals surface area contributed by atoms with Crippen molar-refractivity contribution in [2.75, 3.05) is 13.6 Å². The van der Waals surface area contributed by atoms with Crippen LogP contribution in [0.2, 0.25) is 0 Å². The number of hydrogen-bond donors (Lipinski definition) is 2. The first-order valence-corrected chi connectivity index (χ1v) is 6.72. The molecule has 1 atom stereocenters. The Morgan fingerprint density at radius 3 is 3.00 bits per heavy atom. The van der Waals surface area contributed by atoms with Gasteiger partial charge in [-0.3, -0.25) is 4.79 Å². The summed E-state index contributed by atoms with van der Waals surface area (Å²) in [4.78, 5) is 11.7. The third kappa shape index (κ3) is 3.70. The Kier molecular flexibility index (Phi) is 6.12. The summed E-state index contributed by atoms with van der Waals surface area (Å²) in [5.74, 6) is 0.125. The molecule has 1 aromatic rings. The van der Waals surface area contributed by atoms with Crippen LogP contribution < -0.4 is 10.6 Å². The molecule has 18 heavy (non-hydrogen) atoms. The van der Waals surface area contributed by atoms with Crippen molar-refractivity contribution in [3.8, 4) is 0 Å². The number of hydrogen-bond acceptors (Lipinski definition) is 2. The van der Waals surface area contributed by atoms with Gasteiger partial charge >= 0.3 is 0 Å². The lowest BCUT2D eigenvalue weighted by Crippen LogP contribution is -2.29. The van der Waals surface area contributed by atoms with Gasteiger partial charge in [0.1, 0.15) is 0 Å². The van der Waals surface area contributed by atoms with Crippen LogP contribution in [0.4, 0.5) is 0 Å². The Balaban J connectivity index is 0.00000162. The van der Waals surface area contributed by atoms with Crippen molar-refractivity contribution in [3.05, 3.63) is 33.8 Å². The first-order chi connectivity index (χ1) is 8.20.